The Bertz CT molecular complexity index is 360. The molecule has 1 atom stereocenters. The molecule has 4 heteroatoms. The van der Waals surface area contributed by atoms with Crippen LogP contribution in [-0.2, 0) is 4.79 Å². The summed E-state index contributed by atoms with van der Waals surface area (Å²) in [5, 5.41) is 9.22. The van der Waals surface area contributed by atoms with E-state index in [2.05, 4.69) is 4.98 Å². The zero-order chi connectivity index (χ0) is 12.1. The highest BCUT2D eigenvalue weighted by Crippen LogP contribution is 2.31. The molecule has 0 amide bonds. The van der Waals surface area contributed by atoms with Crippen LogP contribution in [0.1, 0.15) is 25.7 Å². The number of ether oxygens (including phenoxy) is 1. The van der Waals surface area contributed by atoms with E-state index in [4.69, 9.17) is 4.74 Å². The van der Waals surface area contributed by atoms with Crippen molar-refractivity contribution in [1.29, 1.82) is 0 Å². The van der Waals surface area contributed by atoms with Gasteiger partial charge >= 0.3 is 5.97 Å². The summed E-state index contributed by atoms with van der Waals surface area (Å²) in [5.74, 6) is -0.237. The lowest BCUT2D eigenvalue weighted by Crippen LogP contribution is -2.28. The molecule has 0 aromatic carbocycles. The van der Waals surface area contributed by atoms with E-state index >= 15 is 0 Å². The molecule has 2 rings (SSSR count). The topological polar surface area (TPSA) is 59.4 Å². The number of carboxylic acid groups (broad SMARTS) is 1. The minimum absolute atomic E-state index is 0.242. The summed E-state index contributed by atoms with van der Waals surface area (Å²) in [4.78, 5) is 15.1. The number of carboxylic acids is 1. The van der Waals surface area contributed by atoms with Crippen molar-refractivity contribution >= 4 is 5.97 Å². The Morgan fingerprint density at radius 1 is 1.53 bits per heavy atom. The highest BCUT2D eigenvalue weighted by atomic mass is 16.5. The number of aromatic nitrogens is 1. The highest BCUT2D eigenvalue weighted by Gasteiger charge is 2.31. The molecule has 1 aliphatic rings. The van der Waals surface area contributed by atoms with Crippen molar-refractivity contribution < 1.29 is 14.6 Å². The Labute approximate surface area is 101 Å². The van der Waals surface area contributed by atoms with Gasteiger partial charge in [0.25, 0.3) is 0 Å². The maximum absolute atomic E-state index is 11.2. The van der Waals surface area contributed by atoms with Gasteiger partial charge in [-0.05, 0) is 30.9 Å². The van der Waals surface area contributed by atoms with Gasteiger partial charge in [-0.3, -0.25) is 9.78 Å². The average molecular weight is 235 g/mol. The van der Waals surface area contributed by atoms with Crippen molar-refractivity contribution in [2.75, 3.05) is 6.61 Å². The predicted molar refractivity (Wildman–Crippen MR) is 62.8 cm³/mol. The quantitative estimate of drug-likeness (QED) is 0.851. The first-order valence-electron chi connectivity index (χ1n) is 6.03. The van der Waals surface area contributed by atoms with E-state index in [9.17, 15) is 9.90 Å². The maximum Gasteiger partial charge on any atom is 0.310 e. The summed E-state index contributed by atoms with van der Waals surface area (Å²) < 4.78 is 5.50. The molecule has 0 aliphatic heterocycles. The monoisotopic (exact) mass is 235 g/mol. The molecule has 0 spiro atoms. The predicted octanol–water partition coefficient (Wildman–Crippen LogP) is 2.35. The fourth-order valence-electron chi connectivity index (χ4n) is 2.39. The largest absolute Gasteiger partial charge is 0.491 e. The summed E-state index contributed by atoms with van der Waals surface area (Å²) in [6.45, 7) is 0.242. The first-order chi connectivity index (χ1) is 8.27. The van der Waals surface area contributed by atoms with Crippen molar-refractivity contribution in [1.82, 2.24) is 4.98 Å². The molecule has 92 valence electrons. The van der Waals surface area contributed by atoms with Gasteiger partial charge in [0, 0.05) is 6.20 Å². The van der Waals surface area contributed by atoms with E-state index in [0.717, 1.165) is 25.7 Å². The molecular weight excluding hydrogens is 218 g/mol. The molecule has 1 aromatic heterocycles. The van der Waals surface area contributed by atoms with Gasteiger partial charge in [0.2, 0.25) is 0 Å². The minimum Gasteiger partial charge on any atom is -0.491 e. The van der Waals surface area contributed by atoms with E-state index < -0.39 is 11.9 Å². The van der Waals surface area contributed by atoms with Gasteiger partial charge in [0.15, 0.2) is 0 Å². The number of rotatable bonds is 5. The molecule has 1 fully saturated rings. The summed E-state index contributed by atoms with van der Waals surface area (Å²) in [5.41, 5.74) is 0. The van der Waals surface area contributed by atoms with Crippen LogP contribution in [0.15, 0.2) is 24.5 Å². The van der Waals surface area contributed by atoms with Crippen molar-refractivity contribution in [3.63, 3.8) is 0 Å². The van der Waals surface area contributed by atoms with Crippen LogP contribution in [-0.4, -0.2) is 22.7 Å². The van der Waals surface area contributed by atoms with Crippen molar-refractivity contribution in [3.8, 4) is 5.75 Å². The maximum atomic E-state index is 11.2. The normalized spacial score (nSPS) is 17.9. The molecule has 0 saturated heterocycles. The Morgan fingerprint density at radius 3 is 2.88 bits per heavy atom. The molecule has 1 heterocycles. The van der Waals surface area contributed by atoms with Gasteiger partial charge in [-0.2, -0.15) is 0 Å². The fraction of sp³-hybridized carbons (Fsp3) is 0.538. The smallest absolute Gasteiger partial charge is 0.310 e. The summed E-state index contributed by atoms with van der Waals surface area (Å²) in [6, 6.07) is 3.57. The Kier molecular flexibility index (Phi) is 3.96. The number of hydrogen-bond donors (Lipinski definition) is 1. The fourth-order valence-corrected chi connectivity index (χ4v) is 2.39. The SMILES string of the molecule is O=C(O)C(COc1cccnc1)C1CCCC1. The van der Waals surface area contributed by atoms with Crippen LogP contribution in [0.3, 0.4) is 0 Å². The zero-order valence-corrected chi connectivity index (χ0v) is 9.71. The highest BCUT2D eigenvalue weighted by molar-refractivity contribution is 5.70. The lowest BCUT2D eigenvalue weighted by molar-refractivity contribution is -0.144. The van der Waals surface area contributed by atoms with Crippen LogP contribution < -0.4 is 4.74 Å². The third-order valence-electron chi connectivity index (χ3n) is 3.35. The first kappa shape index (κ1) is 11.9. The second kappa shape index (κ2) is 5.66. The molecule has 4 nitrogen and oxygen atoms in total. The van der Waals surface area contributed by atoms with Gasteiger partial charge in [0.1, 0.15) is 12.4 Å². The van der Waals surface area contributed by atoms with Crippen molar-refractivity contribution in [2.24, 2.45) is 11.8 Å². The average Bonchev–Trinajstić information content (AvgIpc) is 2.84. The second-order valence-corrected chi connectivity index (χ2v) is 4.49. The number of carbonyl (C=O) groups is 1. The molecule has 1 aromatic rings. The van der Waals surface area contributed by atoms with Crippen LogP contribution in [0.4, 0.5) is 0 Å². The second-order valence-electron chi connectivity index (χ2n) is 4.49. The zero-order valence-electron chi connectivity index (χ0n) is 9.71. The van der Waals surface area contributed by atoms with E-state index in [1.165, 1.54) is 0 Å². The van der Waals surface area contributed by atoms with Gasteiger partial charge < -0.3 is 9.84 Å². The van der Waals surface area contributed by atoms with E-state index in [1.54, 1.807) is 24.5 Å². The van der Waals surface area contributed by atoms with Crippen LogP contribution in [0.2, 0.25) is 0 Å². The molecular formula is C13H17NO3. The molecule has 0 bridgehead atoms. The number of aliphatic carboxylic acids is 1. The Morgan fingerprint density at radius 2 is 2.29 bits per heavy atom. The molecule has 1 saturated carbocycles. The molecule has 1 N–H and O–H groups in total. The van der Waals surface area contributed by atoms with Crippen molar-refractivity contribution in [3.05, 3.63) is 24.5 Å². The first-order valence-corrected chi connectivity index (χ1v) is 6.03. The van der Waals surface area contributed by atoms with Gasteiger partial charge in [-0.15, -0.1) is 0 Å². The van der Waals surface area contributed by atoms with E-state index in [1.807, 2.05) is 0 Å². The lowest BCUT2D eigenvalue weighted by atomic mass is 9.92. The van der Waals surface area contributed by atoms with Crippen molar-refractivity contribution in [2.45, 2.75) is 25.7 Å². The summed E-state index contributed by atoms with van der Waals surface area (Å²) in [7, 11) is 0. The summed E-state index contributed by atoms with van der Waals surface area (Å²) >= 11 is 0. The van der Waals surface area contributed by atoms with Crippen LogP contribution >= 0.6 is 0 Å². The Hall–Kier alpha value is -1.58. The number of nitrogens with zero attached hydrogens (tertiary/aromatic N) is 1. The number of pyridine rings is 1. The van der Waals surface area contributed by atoms with E-state index in [0.29, 0.717) is 5.75 Å². The third kappa shape index (κ3) is 3.19. The minimum atomic E-state index is -0.749. The van der Waals surface area contributed by atoms with Crippen LogP contribution in [0.25, 0.3) is 0 Å². The molecule has 1 aliphatic carbocycles. The molecule has 17 heavy (non-hydrogen) atoms. The summed E-state index contributed by atoms with van der Waals surface area (Å²) in [6.07, 6.45) is 7.56. The number of hydrogen-bond acceptors (Lipinski definition) is 3. The van der Waals surface area contributed by atoms with Gasteiger partial charge in [0.05, 0.1) is 12.1 Å². The lowest BCUT2D eigenvalue weighted by Gasteiger charge is -2.19. The Balaban J connectivity index is 1.92. The van der Waals surface area contributed by atoms with E-state index in [-0.39, 0.29) is 12.5 Å². The van der Waals surface area contributed by atoms with Crippen LogP contribution in [0, 0.1) is 11.8 Å². The van der Waals surface area contributed by atoms with Gasteiger partial charge in [-0.25, -0.2) is 0 Å². The van der Waals surface area contributed by atoms with Gasteiger partial charge in [-0.1, -0.05) is 12.8 Å². The standard InChI is InChI=1S/C13H17NO3/c15-13(16)12(10-4-1-2-5-10)9-17-11-6-3-7-14-8-11/h3,6-8,10,12H,1-2,4-5,9H2,(H,15,16). The van der Waals surface area contributed by atoms with Crippen LogP contribution in [0.5, 0.6) is 5.75 Å². The molecule has 1 unspecified atom stereocenters. The molecule has 0 radical (unpaired) electrons. The third-order valence-corrected chi connectivity index (χ3v) is 3.35.